The van der Waals surface area contributed by atoms with Gasteiger partial charge in [0.2, 0.25) is 5.91 Å². The van der Waals surface area contributed by atoms with E-state index in [0.29, 0.717) is 18.4 Å². The van der Waals surface area contributed by atoms with Gasteiger partial charge in [0.1, 0.15) is 18.2 Å². The fourth-order valence-corrected chi connectivity index (χ4v) is 2.49. The van der Waals surface area contributed by atoms with Gasteiger partial charge in [-0.1, -0.05) is 24.3 Å². The SMILES string of the molecule is NC(COc1ccccc1)c1cc(F)c2c(c1)CCC(=O)N2. The Hall–Kier alpha value is -2.40. The number of hydrogen-bond acceptors (Lipinski definition) is 3. The highest BCUT2D eigenvalue weighted by Crippen LogP contribution is 2.29. The van der Waals surface area contributed by atoms with E-state index < -0.39 is 11.9 Å². The molecule has 0 saturated heterocycles. The molecule has 5 heteroatoms. The molecule has 3 rings (SSSR count). The highest BCUT2D eigenvalue weighted by Gasteiger charge is 2.21. The van der Waals surface area contributed by atoms with Crippen LogP contribution < -0.4 is 15.8 Å². The lowest BCUT2D eigenvalue weighted by atomic mass is 9.97. The molecule has 1 aliphatic rings. The van der Waals surface area contributed by atoms with Crippen molar-refractivity contribution in [1.82, 2.24) is 0 Å². The summed E-state index contributed by atoms with van der Waals surface area (Å²) in [6, 6.07) is 12.1. The molecule has 0 bridgehead atoms. The van der Waals surface area contributed by atoms with Crippen molar-refractivity contribution in [3.05, 3.63) is 59.4 Å². The molecule has 0 spiro atoms. The molecule has 1 heterocycles. The second kappa shape index (κ2) is 6.15. The smallest absolute Gasteiger partial charge is 0.224 e. The minimum absolute atomic E-state index is 0.157. The molecule has 3 N–H and O–H groups in total. The first kappa shape index (κ1) is 14.5. The molecule has 1 unspecified atom stereocenters. The maximum absolute atomic E-state index is 14.1. The Kier molecular flexibility index (Phi) is 4.06. The number of carbonyl (C=O) groups excluding carboxylic acids is 1. The van der Waals surface area contributed by atoms with Crippen LogP contribution in [0, 0.1) is 5.82 Å². The number of fused-ring (bicyclic) bond motifs is 1. The normalized spacial score (nSPS) is 14.9. The van der Waals surface area contributed by atoms with E-state index in [4.69, 9.17) is 10.5 Å². The average molecular weight is 300 g/mol. The predicted molar refractivity (Wildman–Crippen MR) is 82.2 cm³/mol. The van der Waals surface area contributed by atoms with Gasteiger partial charge < -0.3 is 15.8 Å². The van der Waals surface area contributed by atoms with E-state index in [0.717, 1.165) is 11.3 Å². The van der Waals surface area contributed by atoms with Gasteiger partial charge in [0.25, 0.3) is 0 Å². The molecule has 1 amide bonds. The molecule has 0 radical (unpaired) electrons. The Morgan fingerprint density at radius 1 is 1.23 bits per heavy atom. The van der Waals surface area contributed by atoms with E-state index in [2.05, 4.69) is 5.32 Å². The Morgan fingerprint density at radius 3 is 2.77 bits per heavy atom. The van der Waals surface area contributed by atoms with Gasteiger partial charge in [-0.2, -0.15) is 0 Å². The molecule has 1 aliphatic heterocycles. The van der Waals surface area contributed by atoms with Crippen LogP contribution in [0.5, 0.6) is 5.75 Å². The first-order valence-corrected chi connectivity index (χ1v) is 7.19. The van der Waals surface area contributed by atoms with E-state index in [1.54, 1.807) is 0 Å². The number of benzene rings is 2. The highest BCUT2D eigenvalue weighted by molar-refractivity contribution is 5.94. The molecule has 0 aromatic heterocycles. The maximum atomic E-state index is 14.1. The van der Waals surface area contributed by atoms with Crippen molar-refractivity contribution in [3.63, 3.8) is 0 Å². The van der Waals surface area contributed by atoms with Crippen LogP contribution >= 0.6 is 0 Å². The van der Waals surface area contributed by atoms with Gasteiger partial charge in [0, 0.05) is 6.42 Å². The van der Waals surface area contributed by atoms with Gasteiger partial charge in [-0.3, -0.25) is 4.79 Å². The number of nitrogens with one attached hydrogen (secondary N) is 1. The highest BCUT2D eigenvalue weighted by atomic mass is 19.1. The number of amides is 1. The summed E-state index contributed by atoms with van der Waals surface area (Å²) in [5.74, 6) is 0.121. The van der Waals surface area contributed by atoms with Crippen LogP contribution in [0.25, 0.3) is 0 Å². The first-order chi connectivity index (χ1) is 10.6. The zero-order valence-electron chi connectivity index (χ0n) is 12.0. The molecular formula is C17H17FN2O2. The molecule has 22 heavy (non-hydrogen) atoms. The lowest BCUT2D eigenvalue weighted by Gasteiger charge is -2.21. The Bertz CT molecular complexity index is 689. The zero-order chi connectivity index (χ0) is 15.5. The number of nitrogens with two attached hydrogens (primary N) is 1. The average Bonchev–Trinajstić information content (AvgIpc) is 2.54. The lowest BCUT2D eigenvalue weighted by molar-refractivity contribution is -0.116. The number of carbonyl (C=O) groups is 1. The number of aryl methyl sites for hydroxylation is 1. The third-order valence-corrected chi connectivity index (χ3v) is 3.68. The summed E-state index contributed by atoms with van der Waals surface area (Å²) in [5, 5.41) is 2.57. The molecule has 0 saturated carbocycles. The van der Waals surface area contributed by atoms with E-state index in [1.165, 1.54) is 6.07 Å². The summed E-state index contributed by atoms with van der Waals surface area (Å²) < 4.78 is 19.7. The van der Waals surface area contributed by atoms with Crippen molar-refractivity contribution >= 4 is 11.6 Å². The van der Waals surface area contributed by atoms with E-state index in [-0.39, 0.29) is 18.2 Å². The van der Waals surface area contributed by atoms with Gasteiger partial charge in [-0.25, -0.2) is 4.39 Å². The number of para-hydroxylation sites is 1. The fourth-order valence-electron chi connectivity index (χ4n) is 2.49. The molecule has 1 atom stereocenters. The van der Waals surface area contributed by atoms with Crippen LogP contribution in [0.4, 0.5) is 10.1 Å². The quantitative estimate of drug-likeness (QED) is 0.912. The standard InChI is InChI=1S/C17H17FN2O2/c18-14-9-12(8-11-6-7-16(21)20-17(11)14)15(19)10-22-13-4-2-1-3-5-13/h1-5,8-9,15H,6-7,10,19H2,(H,20,21). The van der Waals surface area contributed by atoms with Crippen LogP contribution in [-0.2, 0) is 11.2 Å². The van der Waals surface area contributed by atoms with E-state index >= 15 is 0 Å². The summed E-state index contributed by atoms with van der Waals surface area (Å²) in [6.07, 6.45) is 0.893. The van der Waals surface area contributed by atoms with Crippen molar-refractivity contribution in [2.24, 2.45) is 5.73 Å². The monoisotopic (exact) mass is 300 g/mol. The molecule has 4 nitrogen and oxygen atoms in total. The summed E-state index contributed by atoms with van der Waals surface area (Å²) in [7, 11) is 0. The van der Waals surface area contributed by atoms with Crippen molar-refractivity contribution in [2.45, 2.75) is 18.9 Å². The van der Waals surface area contributed by atoms with Crippen molar-refractivity contribution in [3.8, 4) is 5.75 Å². The second-order valence-electron chi connectivity index (χ2n) is 5.32. The van der Waals surface area contributed by atoms with Crippen LogP contribution in [0.1, 0.15) is 23.6 Å². The summed E-state index contributed by atoms with van der Waals surface area (Å²) in [5.41, 5.74) is 7.82. The minimum Gasteiger partial charge on any atom is -0.492 e. The number of halogens is 1. The van der Waals surface area contributed by atoms with Gasteiger partial charge in [-0.15, -0.1) is 0 Å². The molecule has 2 aromatic carbocycles. The van der Waals surface area contributed by atoms with Crippen LogP contribution in [0.15, 0.2) is 42.5 Å². The largest absolute Gasteiger partial charge is 0.492 e. The fraction of sp³-hybridized carbons (Fsp3) is 0.235. The van der Waals surface area contributed by atoms with Crippen molar-refractivity contribution < 1.29 is 13.9 Å². The molecule has 0 aliphatic carbocycles. The second-order valence-corrected chi connectivity index (χ2v) is 5.32. The predicted octanol–water partition coefficient (Wildman–Crippen LogP) is 2.79. The van der Waals surface area contributed by atoms with Gasteiger partial charge >= 0.3 is 0 Å². The number of rotatable bonds is 4. The Morgan fingerprint density at radius 2 is 2.00 bits per heavy atom. The lowest BCUT2D eigenvalue weighted by Crippen LogP contribution is -2.23. The molecular weight excluding hydrogens is 283 g/mol. The van der Waals surface area contributed by atoms with Crippen LogP contribution in [0.3, 0.4) is 0 Å². The minimum atomic E-state index is -0.448. The third kappa shape index (κ3) is 3.09. The number of hydrogen-bond donors (Lipinski definition) is 2. The van der Waals surface area contributed by atoms with Gasteiger partial charge in [-0.05, 0) is 35.7 Å². The number of anilines is 1. The number of ether oxygens (including phenoxy) is 1. The zero-order valence-corrected chi connectivity index (χ0v) is 12.0. The molecule has 114 valence electrons. The van der Waals surface area contributed by atoms with Gasteiger partial charge in [0.15, 0.2) is 0 Å². The maximum Gasteiger partial charge on any atom is 0.224 e. The first-order valence-electron chi connectivity index (χ1n) is 7.19. The van der Waals surface area contributed by atoms with Crippen LogP contribution in [-0.4, -0.2) is 12.5 Å². The van der Waals surface area contributed by atoms with Crippen molar-refractivity contribution in [2.75, 3.05) is 11.9 Å². The Labute approximate surface area is 128 Å². The van der Waals surface area contributed by atoms with E-state index in [1.807, 2.05) is 36.4 Å². The topological polar surface area (TPSA) is 64.3 Å². The molecule has 2 aromatic rings. The summed E-state index contributed by atoms with van der Waals surface area (Å²) in [4.78, 5) is 11.3. The Balaban J connectivity index is 1.74. The van der Waals surface area contributed by atoms with Gasteiger partial charge in [0.05, 0.1) is 11.7 Å². The van der Waals surface area contributed by atoms with Crippen molar-refractivity contribution in [1.29, 1.82) is 0 Å². The molecule has 0 fully saturated rings. The van der Waals surface area contributed by atoms with E-state index in [9.17, 15) is 9.18 Å². The third-order valence-electron chi connectivity index (χ3n) is 3.68. The summed E-state index contributed by atoms with van der Waals surface area (Å²) >= 11 is 0. The summed E-state index contributed by atoms with van der Waals surface area (Å²) in [6.45, 7) is 0.259. The van der Waals surface area contributed by atoms with Crippen LogP contribution in [0.2, 0.25) is 0 Å².